The van der Waals surface area contributed by atoms with Crippen LogP contribution >= 0.6 is 0 Å². The molecule has 6 heteroatoms. The zero-order chi connectivity index (χ0) is 23.4. The highest BCUT2D eigenvalue weighted by Gasteiger charge is 2.24. The van der Waals surface area contributed by atoms with E-state index in [9.17, 15) is 9.59 Å². The van der Waals surface area contributed by atoms with Crippen LogP contribution in [0, 0.1) is 0 Å². The molecule has 1 aliphatic rings. The number of amides is 1. The molecule has 0 bridgehead atoms. The minimum absolute atomic E-state index is 0.0393. The molecule has 1 atom stereocenters. The van der Waals surface area contributed by atoms with E-state index in [1.165, 1.54) is 0 Å². The van der Waals surface area contributed by atoms with Crippen molar-refractivity contribution < 1.29 is 23.8 Å². The van der Waals surface area contributed by atoms with Crippen molar-refractivity contribution in [2.24, 2.45) is 0 Å². The Kier molecular flexibility index (Phi) is 6.63. The van der Waals surface area contributed by atoms with Gasteiger partial charge in [-0.1, -0.05) is 36.4 Å². The molecule has 1 heterocycles. The van der Waals surface area contributed by atoms with Gasteiger partial charge in [-0.3, -0.25) is 9.59 Å². The van der Waals surface area contributed by atoms with Crippen LogP contribution in [-0.2, 0) is 17.6 Å². The lowest BCUT2D eigenvalue weighted by Gasteiger charge is -2.13. The minimum atomic E-state index is -0.132. The van der Waals surface area contributed by atoms with E-state index in [2.05, 4.69) is 11.4 Å². The average molecular weight is 446 g/mol. The smallest absolute Gasteiger partial charge is 0.224 e. The highest BCUT2D eigenvalue weighted by Crippen LogP contribution is 2.34. The van der Waals surface area contributed by atoms with Crippen molar-refractivity contribution in [1.82, 2.24) is 5.32 Å². The lowest BCUT2D eigenvalue weighted by molar-refractivity contribution is -0.120. The molecule has 1 aliphatic heterocycles. The second kappa shape index (κ2) is 9.77. The second-order valence-electron chi connectivity index (χ2n) is 8.04. The number of carbonyl (C=O) groups is 2. The Hall–Kier alpha value is -3.80. The summed E-state index contributed by atoms with van der Waals surface area (Å²) in [6, 6.07) is 19.0. The third kappa shape index (κ3) is 5.00. The summed E-state index contributed by atoms with van der Waals surface area (Å²) in [6.07, 6.45) is 0.807. The van der Waals surface area contributed by atoms with E-state index in [1.807, 2.05) is 42.5 Å². The first-order chi connectivity index (χ1) is 16.0. The number of hydrogen-bond acceptors (Lipinski definition) is 5. The lowest BCUT2D eigenvalue weighted by atomic mass is 9.95. The number of hydrogen-bond donors (Lipinski definition) is 1. The molecular formula is C27H27NO5. The van der Waals surface area contributed by atoms with Crippen LogP contribution in [0.15, 0.2) is 60.7 Å². The fourth-order valence-electron chi connectivity index (χ4n) is 4.11. The molecule has 1 amide bonds. The van der Waals surface area contributed by atoms with Gasteiger partial charge in [0.25, 0.3) is 0 Å². The molecule has 170 valence electrons. The Morgan fingerprint density at radius 2 is 1.79 bits per heavy atom. The Bertz CT molecular complexity index is 1190. The van der Waals surface area contributed by atoms with Gasteiger partial charge in [-0.15, -0.1) is 0 Å². The van der Waals surface area contributed by atoms with Gasteiger partial charge in [0.05, 0.1) is 27.2 Å². The van der Waals surface area contributed by atoms with E-state index >= 15 is 0 Å². The van der Waals surface area contributed by atoms with Gasteiger partial charge >= 0.3 is 0 Å². The predicted molar refractivity (Wildman–Crippen MR) is 126 cm³/mol. The van der Waals surface area contributed by atoms with Gasteiger partial charge in [0, 0.05) is 12.0 Å². The van der Waals surface area contributed by atoms with Gasteiger partial charge in [0.15, 0.2) is 17.3 Å². The van der Waals surface area contributed by atoms with Gasteiger partial charge in [-0.05, 0) is 53.4 Å². The number of fused-ring (bicyclic) bond motifs is 1. The molecule has 0 radical (unpaired) electrons. The monoisotopic (exact) mass is 445 g/mol. The van der Waals surface area contributed by atoms with Crippen LogP contribution in [-0.4, -0.2) is 38.6 Å². The summed E-state index contributed by atoms with van der Waals surface area (Å²) in [6.45, 7) is 2.00. The number of ketones is 1. The van der Waals surface area contributed by atoms with Gasteiger partial charge in [0.1, 0.15) is 11.9 Å². The molecule has 3 aromatic rings. The van der Waals surface area contributed by atoms with E-state index in [4.69, 9.17) is 14.2 Å². The molecule has 0 saturated carbocycles. The van der Waals surface area contributed by atoms with Gasteiger partial charge in [0.2, 0.25) is 5.91 Å². The largest absolute Gasteiger partial charge is 0.493 e. The first-order valence-corrected chi connectivity index (χ1v) is 10.9. The number of carbonyl (C=O) groups excluding carboxylic acids is 2. The third-order valence-electron chi connectivity index (χ3n) is 5.76. The first-order valence-electron chi connectivity index (χ1n) is 10.9. The maximum Gasteiger partial charge on any atom is 0.224 e. The summed E-state index contributed by atoms with van der Waals surface area (Å²) in [4.78, 5) is 24.5. The molecule has 1 unspecified atom stereocenters. The molecule has 0 spiro atoms. The highest BCUT2D eigenvalue weighted by atomic mass is 16.5. The Labute approximate surface area is 193 Å². The number of rotatable bonds is 8. The van der Waals surface area contributed by atoms with Crippen LogP contribution in [0.5, 0.6) is 17.2 Å². The van der Waals surface area contributed by atoms with Gasteiger partial charge in [-0.2, -0.15) is 0 Å². The maximum atomic E-state index is 12.5. The van der Waals surface area contributed by atoms with Crippen LogP contribution < -0.4 is 19.5 Å². The summed E-state index contributed by atoms with van der Waals surface area (Å²) in [5.74, 6) is 2.00. The quantitative estimate of drug-likeness (QED) is 0.525. The molecule has 0 fully saturated rings. The maximum absolute atomic E-state index is 12.5. The third-order valence-corrected chi connectivity index (χ3v) is 5.76. The van der Waals surface area contributed by atoms with Crippen molar-refractivity contribution in [3.63, 3.8) is 0 Å². The molecule has 3 aromatic carbocycles. The highest BCUT2D eigenvalue weighted by molar-refractivity contribution is 6.00. The van der Waals surface area contributed by atoms with E-state index in [-0.39, 0.29) is 24.2 Å². The van der Waals surface area contributed by atoms with Crippen molar-refractivity contribution >= 4 is 11.7 Å². The Morgan fingerprint density at radius 3 is 2.55 bits per heavy atom. The summed E-state index contributed by atoms with van der Waals surface area (Å²) in [7, 11) is 3.15. The fraction of sp³-hybridized carbons (Fsp3) is 0.259. The molecule has 6 nitrogen and oxygen atoms in total. The normalized spacial score (nSPS) is 14.2. The molecule has 0 saturated heterocycles. The number of ether oxygens (including phenoxy) is 3. The topological polar surface area (TPSA) is 73.9 Å². The van der Waals surface area contributed by atoms with Crippen molar-refractivity contribution in [3.8, 4) is 28.4 Å². The number of nitrogens with one attached hydrogen (secondary N) is 1. The molecule has 0 aromatic heterocycles. The fourth-order valence-corrected chi connectivity index (χ4v) is 4.11. The van der Waals surface area contributed by atoms with Crippen molar-refractivity contribution in [3.05, 3.63) is 77.4 Å². The molecule has 4 rings (SSSR count). The van der Waals surface area contributed by atoms with Crippen LogP contribution in [0.3, 0.4) is 0 Å². The average Bonchev–Trinajstić information content (AvgIpc) is 3.25. The zero-order valence-electron chi connectivity index (χ0n) is 19.0. The second-order valence-corrected chi connectivity index (χ2v) is 8.04. The molecular weight excluding hydrogens is 418 g/mol. The van der Waals surface area contributed by atoms with Crippen LogP contribution in [0.4, 0.5) is 0 Å². The first kappa shape index (κ1) is 22.4. The van der Waals surface area contributed by atoms with Crippen LogP contribution in [0.2, 0.25) is 0 Å². The lowest BCUT2D eigenvalue weighted by Crippen LogP contribution is -2.35. The zero-order valence-corrected chi connectivity index (χ0v) is 19.0. The summed E-state index contributed by atoms with van der Waals surface area (Å²) >= 11 is 0. The van der Waals surface area contributed by atoms with Gasteiger partial charge in [-0.25, -0.2) is 0 Å². The number of Topliss-reactive ketones (excluding diaryl/α,β-unsaturated/α-hetero) is 1. The predicted octanol–water partition coefficient (Wildman–Crippen LogP) is 4.24. The van der Waals surface area contributed by atoms with Crippen molar-refractivity contribution in [2.75, 3.05) is 20.8 Å². The number of methoxy groups -OCH3 is 2. The molecule has 1 N–H and O–H groups in total. The summed E-state index contributed by atoms with van der Waals surface area (Å²) in [5.41, 5.74) is 4.52. The van der Waals surface area contributed by atoms with Crippen LogP contribution in [0.25, 0.3) is 11.1 Å². The summed E-state index contributed by atoms with van der Waals surface area (Å²) < 4.78 is 16.6. The van der Waals surface area contributed by atoms with Gasteiger partial charge < -0.3 is 19.5 Å². The van der Waals surface area contributed by atoms with E-state index in [0.717, 1.165) is 28.0 Å². The Balaban J connectivity index is 1.37. The summed E-state index contributed by atoms with van der Waals surface area (Å²) in [5, 5.41) is 2.96. The van der Waals surface area contributed by atoms with Crippen molar-refractivity contribution in [2.45, 2.75) is 25.9 Å². The van der Waals surface area contributed by atoms with Crippen molar-refractivity contribution in [1.29, 1.82) is 0 Å². The number of benzene rings is 3. The SMILES string of the molecule is COc1ccc(CC(=O)NCC2Cc3cc(-c4ccccc4C(C)=O)ccc3O2)cc1OC. The molecule has 33 heavy (non-hydrogen) atoms. The Morgan fingerprint density at radius 1 is 1.00 bits per heavy atom. The minimum Gasteiger partial charge on any atom is -0.493 e. The molecule has 0 aliphatic carbocycles. The van der Waals surface area contributed by atoms with E-state index in [0.29, 0.717) is 30.0 Å². The van der Waals surface area contributed by atoms with E-state index in [1.54, 1.807) is 33.3 Å². The standard InChI is InChI=1S/C27H27NO5/c1-17(29)22-6-4-5-7-23(22)19-9-11-24-20(14-19)15-21(33-24)16-28-27(30)13-18-8-10-25(31-2)26(12-18)32-3/h4-12,14,21H,13,15-16H2,1-3H3,(H,28,30). The van der Waals surface area contributed by atoms with E-state index < -0.39 is 0 Å². The van der Waals surface area contributed by atoms with Crippen LogP contribution in [0.1, 0.15) is 28.4 Å².